The lowest BCUT2D eigenvalue weighted by atomic mass is 10.2. The average Bonchev–Trinajstić information content (AvgIpc) is 3.26. The minimum Gasteiger partial charge on any atom is -0.368 e. The van der Waals surface area contributed by atoms with Crippen molar-refractivity contribution in [2.24, 2.45) is 0 Å². The van der Waals surface area contributed by atoms with Crippen molar-refractivity contribution in [1.29, 1.82) is 0 Å². The van der Waals surface area contributed by atoms with E-state index in [1.54, 1.807) is 18.5 Å². The van der Waals surface area contributed by atoms with Gasteiger partial charge in [-0.25, -0.2) is 0 Å². The first-order valence-corrected chi connectivity index (χ1v) is 10.9. The van der Waals surface area contributed by atoms with E-state index in [0.29, 0.717) is 37.1 Å². The van der Waals surface area contributed by atoms with Crippen molar-refractivity contribution in [3.05, 3.63) is 70.5 Å². The van der Waals surface area contributed by atoms with Gasteiger partial charge in [0.15, 0.2) is 5.16 Å². The van der Waals surface area contributed by atoms with Gasteiger partial charge in [-0.1, -0.05) is 30.0 Å². The summed E-state index contributed by atoms with van der Waals surface area (Å²) in [5.74, 6) is 0.356. The van der Waals surface area contributed by atoms with Crippen LogP contribution in [0.5, 0.6) is 0 Å². The number of benzene rings is 2. The number of hydrogen-bond acceptors (Lipinski definition) is 7. The summed E-state index contributed by atoms with van der Waals surface area (Å²) in [5, 5.41) is 19.7. The standard InChI is InChI=1S/C21H22N6O3S/c1-16-4-2-3-5-19(16)26-15-22-23-21(26)31-14-20(28)25-12-10-24(11-13-25)17-6-8-18(9-7-17)27(29)30/h2-9,15H,10-14H2,1H3. The van der Waals surface area contributed by atoms with Crippen LogP contribution in [0.15, 0.2) is 60.0 Å². The number of carbonyl (C=O) groups is 1. The Balaban J connectivity index is 1.32. The van der Waals surface area contributed by atoms with E-state index in [4.69, 9.17) is 0 Å². The van der Waals surface area contributed by atoms with Gasteiger partial charge in [0.05, 0.1) is 16.4 Å². The topological polar surface area (TPSA) is 97.4 Å². The number of aryl methyl sites for hydroxylation is 1. The summed E-state index contributed by atoms with van der Waals surface area (Å²) >= 11 is 1.38. The van der Waals surface area contributed by atoms with Crippen LogP contribution in [0.1, 0.15) is 5.56 Å². The molecule has 3 aromatic rings. The van der Waals surface area contributed by atoms with Crippen LogP contribution in [0.3, 0.4) is 0 Å². The first-order valence-electron chi connectivity index (χ1n) is 9.89. The number of nitrogens with zero attached hydrogens (tertiary/aromatic N) is 6. The molecule has 1 saturated heterocycles. The zero-order valence-electron chi connectivity index (χ0n) is 17.0. The molecule has 1 aliphatic heterocycles. The third-order valence-corrected chi connectivity index (χ3v) is 6.20. The summed E-state index contributed by atoms with van der Waals surface area (Å²) in [6.07, 6.45) is 1.66. The summed E-state index contributed by atoms with van der Waals surface area (Å²) in [7, 11) is 0. The van der Waals surface area contributed by atoms with Crippen molar-refractivity contribution in [3.8, 4) is 5.69 Å². The Bertz CT molecular complexity index is 1080. The summed E-state index contributed by atoms with van der Waals surface area (Å²) < 4.78 is 1.90. The number of hydrogen-bond donors (Lipinski definition) is 0. The average molecular weight is 439 g/mol. The molecule has 0 radical (unpaired) electrons. The lowest BCUT2D eigenvalue weighted by Gasteiger charge is -2.36. The second kappa shape index (κ2) is 9.17. The number of aromatic nitrogens is 3. The van der Waals surface area contributed by atoms with Gasteiger partial charge in [0, 0.05) is 44.0 Å². The maximum Gasteiger partial charge on any atom is 0.269 e. The lowest BCUT2D eigenvalue weighted by molar-refractivity contribution is -0.384. The van der Waals surface area contributed by atoms with E-state index in [1.807, 2.05) is 40.7 Å². The van der Waals surface area contributed by atoms with E-state index in [1.165, 1.54) is 23.9 Å². The molecule has 0 saturated carbocycles. The van der Waals surface area contributed by atoms with Crippen LogP contribution in [0.2, 0.25) is 0 Å². The Morgan fingerprint density at radius 1 is 1.10 bits per heavy atom. The van der Waals surface area contributed by atoms with Crippen LogP contribution in [0.4, 0.5) is 11.4 Å². The number of para-hydroxylation sites is 1. The summed E-state index contributed by atoms with van der Waals surface area (Å²) in [5.41, 5.74) is 3.11. The Kier molecular flexibility index (Phi) is 6.17. The monoisotopic (exact) mass is 438 g/mol. The van der Waals surface area contributed by atoms with Gasteiger partial charge >= 0.3 is 0 Å². The van der Waals surface area contributed by atoms with Crippen molar-refractivity contribution in [2.75, 3.05) is 36.8 Å². The molecular formula is C21H22N6O3S. The largest absolute Gasteiger partial charge is 0.368 e. The molecular weight excluding hydrogens is 416 g/mol. The highest BCUT2D eigenvalue weighted by molar-refractivity contribution is 7.99. The second-order valence-corrected chi connectivity index (χ2v) is 8.14. The first kappa shape index (κ1) is 20.9. The number of rotatable bonds is 6. The molecule has 2 aromatic carbocycles. The molecule has 0 atom stereocenters. The second-order valence-electron chi connectivity index (χ2n) is 7.20. The molecule has 0 spiro atoms. The molecule has 2 heterocycles. The van der Waals surface area contributed by atoms with Gasteiger partial charge in [0.2, 0.25) is 5.91 Å². The van der Waals surface area contributed by atoms with Gasteiger partial charge in [0.25, 0.3) is 5.69 Å². The zero-order chi connectivity index (χ0) is 21.8. The normalized spacial score (nSPS) is 14.0. The van der Waals surface area contributed by atoms with Crippen LogP contribution in [0.25, 0.3) is 5.69 Å². The SMILES string of the molecule is Cc1ccccc1-n1cnnc1SCC(=O)N1CCN(c2ccc([N+](=O)[O-])cc2)CC1. The molecule has 4 rings (SSSR count). The van der Waals surface area contributed by atoms with Gasteiger partial charge in [-0.05, 0) is 30.7 Å². The quantitative estimate of drug-likeness (QED) is 0.332. The lowest BCUT2D eigenvalue weighted by Crippen LogP contribution is -2.49. The van der Waals surface area contributed by atoms with E-state index in [9.17, 15) is 14.9 Å². The molecule has 31 heavy (non-hydrogen) atoms. The summed E-state index contributed by atoms with van der Waals surface area (Å²) in [6.45, 7) is 4.63. The Morgan fingerprint density at radius 3 is 2.48 bits per heavy atom. The fourth-order valence-electron chi connectivity index (χ4n) is 3.54. The predicted octanol–water partition coefficient (Wildman–Crippen LogP) is 2.92. The van der Waals surface area contributed by atoms with Crippen LogP contribution < -0.4 is 4.90 Å². The van der Waals surface area contributed by atoms with Crippen molar-refractivity contribution < 1.29 is 9.72 Å². The smallest absolute Gasteiger partial charge is 0.269 e. The number of anilines is 1. The van der Waals surface area contributed by atoms with Crippen molar-refractivity contribution in [1.82, 2.24) is 19.7 Å². The third-order valence-electron chi connectivity index (χ3n) is 5.27. The molecule has 1 aromatic heterocycles. The number of nitro groups is 1. The highest BCUT2D eigenvalue weighted by Crippen LogP contribution is 2.23. The van der Waals surface area contributed by atoms with Gasteiger partial charge in [-0.3, -0.25) is 19.5 Å². The number of non-ortho nitro benzene ring substituents is 1. The molecule has 0 N–H and O–H groups in total. The minimum absolute atomic E-state index is 0.0627. The van der Waals surface area contributed by atoms with E-state index in [-0.39, 0.29) is 11.6 Å². The Hall–Kier alpha value is -3.40. The van der Waals surface area contributed by atoms with Crippen LogP contribution >= 0.6 is 11.8 Å². The van der Waals surface area contributed by atoms with Crippen molar-refractivity contribution in [2.45, 2.75) is 12.1 Å². The van der Waals surface area contributed by atoms with E-state index < -0.39 is 4.92 Å². The van der Waals surface area contributed by atoms with Gasteiger partial charge in [-0.15, -0.1) is 10.2 Å². The molecule has 1 aliphatic rings. The third kappa shape index (κ3) is 4.69. The van der Waals surface area contributed by atoms with Gasteiger partial charge in [-0.2, -0.15) is 0 Å². The van der Waals surface area contributed by atoms with Crippen molar-refractivity contribution >= 4 is 29.0 Å². The fraction of sp³-hybridized carbons (Fsp3) is 0.286. The number of carbonyl (C=O) groups excluding carboxylic acids is 1. The van der Waals surface area contributed by atoms with Crippen LogP contribution in [0, 0.1) is 17.0 Å². The molecule has 9 nitrogen and oxygen atoms in total. The van der Waals surface area contributed by atoms with Gasteiger partial charge in [0.1, 0.15) is 6.33 Å². The van der Waals surface area contributed by atoms with Crippen molar-refractivity contribution in [3.63, 3.8) is 0 Å². The van der Waals surface area contributed by atoms with E-state index in [0.717, 1.165) is 16.9 Å². The van der Waals surface area contributed by atoms with E-state index >= 15 is 0 Å². The minimum atomic E-state index is -0.405. The molecule has 10 heteroatoms. The Labute approximate surface area is 183 Å². The molecule has 0 unspecified atom stereocenters. The Morgan fingerprint density at radius 2 is 1.81 bits per heavy atom. The maximum atomic E-state index is 12.7. The van der Waals surface area contributed by atoms with Gasteiger partial charge < -0.3 is 9.80 Å². The number of amides is 1. The summed E-state index contributed by atoms with van der Waals surface area (Å²) in [6, 6.07) is 14.5. The van der Waals surface area contributed by atoms with E-state index in [2.05, 4.69) is 15.1 Å². The molecule has 1 fully saturated rings. The zero-order valence-corrected chi connectivity index (χ0v) is 17.9. The molecule has 1 amide bonds. The molecule has 0 bridgehead atoms. The predicted molar refractivity (Wildman–Crippen MR) is 119 cm³/mol. The highest BCUT2D eigenvalue weighted by atomic mass is 32.2. The van der Waals surface area contributed by atoms with Crippen LogP contribution in [-0.4, -0.2) is 62.4 Å². The summed E-state index contributed by atoms with van der Waals surface area (Å²) in [4.78, 5) is 27.1. The number of nitro benzene ring substituents is 1. The number of thioether (sulfide) groups is 1. The maximum absolute atomic E-state index is 12.7. The fourth-order valence-corrected chi connectivity index (χ4v) is 4.36. The highest BCUT2D eigenvalue weighted by Gasteiger charge is 2.22. The number of piperazine rings is 1. The van der Waals surface area contributed by atoms with Crippen LogP contribution in [-0.2, 0) is 4.79 Å². The molecule has 160 valence electrons. The molecule has 0 aliphatic carbocycles. The first-order chi connectivity index (χ1) is 15.0.